The topological polar surface area (TPSA) is 106 Å². The summed E-state index contributed by atoms with van der Waals surface area (Å²) in [5.41, 5.74) is 7.63. The van der Waals surface area contributed by atoms with Gasteiger partial charge in [0.15, 0.2) is 11.5 Å². The molecule has 0 aliphatic heterocycles. The molecule has 0 saturated heterocycles. The van der Waals surface area contributed by atoms with E-state index in [-0.39, 0.29) is 18.7 Å². The van der Waals surface area contributed by atoms with Crippen molar-refractivity contribution in [2.45, 2.75) is 51.2 Å². The zero-order valence-corrected chi connectivity index (χ0v) is 21.2. The van der Waals surface area contributed by atoms with Gasteiger partial charge in [-0.1, -0.05) is 0 Å². The molecule has 0 amide bonds. The lowest BCUT2D eigenvalue weighted by Gasteiger charge is -2.17. The molecule has 0 bridgehead atoms. The number of carbonyl (C=O) groups excluding carboxylic acids is 1. The summed E-state index contributed by atoms with van der Waals surface area (Å²) in [5, 5.41) is 1.80. The molecule has 2 aromatic heterocycles. The second-order valence-corrected chi connectivity index (χ2v) is 10.1. The van der Waals surface area contributed by atoms with Gasteiger partial charge >= 0.3 is 5.97 Å². The molecule has 8 nitrogen and oxygen atoms in total. The maximum Gasteiger partial charge on any atom is 0.323 e. The normalized spacial score (nSPS) is 14.8. The van der Waals surface area contributed by atoms with Gasteiger partial charge in [0.25, 0.3) is 0 Å². The monoisotopic (exact) mass is 507 g/mol. The molecule has 188 valence electrons. The van der Waals surface area contributed by atoms with E-state index in [4.69, 9.17) is 24.7 Å². The third-order valence-electron chi connectivity index (χ3n) is 6.25. The number of nitrogens with zero attached hydrogens (tertiary/aromatic N) is 2. The number of carbonyl (C=O) groups is 1. The number of fused-ring (bicyclic) bond motifs is 2. The number of nitrogens with two attached hydrogens (primary N) is 1. The maximum atomic E-state index is 12.2. The summed E-state index contributed by atoms with van der Waals surface area (Å²) in [4.78, 5) is 21.3. The van der Waals surface area contributed by atoms with Gasteiger partial charge in [-0.2, -0.15) is 0 Å². The molecule has 1 unspecified atom stereocenters. The highest BCUT2D eigenvalue weighted by Gasteiger charge is 2.23. The average molecular weight is 508 g/mol. The standard InChI is InChI=1S/C27H29N3O5S/c1-16-30-22-13-18(7-8-26(22)36-16)34-23-9-11-29-21-15-25(24(32-2)14-19(21)23)33-12-10-20(28)27(31)35-17-5-3-4-6-17/h7-9,11,13-15,17,20H,3-6,10,12,28H2,1-2H3. The molecule has 0 spiro atoms. The molecule has 1 saturated carbocycles. The summed E-state index contributed by atoms with van der Waals surface area (Å²) in [6, 6.07) is 10.6. The number of esters is 1. The van der Waals surface area contributed by atoms with Crippen LogP contribution in [0, 0.1) is 6.92 Å². The van der Waals surface area contributed by atoms with Crippen LogP contribution in [0.25, 0.3) is 21.1 Å². The van der Waals surface area contributed by atoms with Crippen LogP contribution >= 0.6 is 11.3 Å². The highest BCUT2D eigenvalue weighted by molar-refractivity contribution is 7.18. The predicted octanol–water partition coefficient (Wildman–Crippen LogP) is 5.54. The van der Waals surface area contributed by atoms with Gasteiger partial charge in [0, 0.05) is 30.1 Å². The van der Waals surface area contributed by atoms with Gasteiger partial charge in [0.05, 0.1) is 34.5 Å². The second-order valence-electron chi connectivity index (χ2n) is 8.88. The Kier molecular flexibility index (Phi) is 7.20. The molecule has 0 radical (unpaired) electrons. The fourth-order valence-corrected chi connectivity index (χ4v) is 5.18. The smallest absolute Gasteiger partial charge is 0.323 e. The Labute approximate surface area is 213 Å². The van der Waals surface area contributed by atoms with Gasteiger partial charge in [-0.15, -0.1) is 11.3 Å². The lowest BCUT2D eigenvalue weighted by atomic mass is 10.1. The number of thiazole rings is 1. The molecule has 2 N–H and O–H groups in total. The summed E-state index contributed by atoms with van der Waals surface area (Å²) in [6.45, 7) is 2.23. The molecule has 9 heteroatoms. The average Bonchev–Trinajstić information content (AvgIpc) is 3.52. The Morgan fingerprint density at radius 1 is 1.11 bits per heavy atom. The van der Waals surface area contributed by atoms with Crippen molar-refractivity contribution in [1.29, 1.82) is 0 Å². The maximum absolute atomic E-state index is 12.2. The Bertz CT molecular complexity index is 1380. The van der Waals surface area contributed by atoms with E-state index in [1.165, 1.54) is 0 Å². The second kappa shape index (κ2) is 10.7. The molecule has 5 rings (SSSR count). The Morgan fingerprint density at radius 3 is 2.75 bits per heavy atom. The fourth-order valence-electron chi connectivity index (χ4n) is 4.37. The summed E-state index contributed by atoms with van der Waals surface area (Å²) >= 11 is 1.65. The summed E-state index contributed by atoms with van der Waals surface area (Å²) in [6.07, 6.45) is 6.05. The number of aromatic nitrogens is 2. The first kappa shape index (κ1) is 24.3. The summed E-state index contributed by atoms with van der Waals surface area (Å²) in [7, 11) is 1.58. The Balaban J connectivity index is 1.28. The predicted molar refractivity (Wildman–Crippen MR) is 139 cm³/mol. The zero-order valence-electron chi connectivity index (χ0n) is 20.4. The molecular weight excluding hydrogens is 478 g/mol. The third kappa shape index (κ3) is 5.37. The number of hydrogen-bond donors (Lipinski definition) is 1. The highest BCUT2D eigenvalue weighted by atomic mass is 32.1. The van der Waals surface area contributed by atoms with Crippen molar-refractivity contribution in [3.63, 3.8) is 0 Å². The summed E-state index contributed by atoms with van der Waals surface area (Å²) < 4.78 is 24.3. The molecule has 2 heterocycles. The first-order chi connectivity index (χ1) is 17.5. The van der Waals surface area contributed by atoms with Crippen LogP contribution in [-0.2, 0) is 9.53 Å². The zero-order chi connectivity index (χ0) is 25.1. The van der Waals surface area contributed by atoms with Crippen molar-refractivity contribution in [2.75, 3.05) is 13.7 Å². The first-order valence-corrected chi connectivity index (χ1v) is 12.9. The van der Waals surface area contributed by atoms with Crippen LogP contribution in [-0.4, -0.2) is 41.8 Å². The van der Waals surface area contributed by atoms with Crippen molar-refractivity contribution in [3.8, 4) is 23.0 Å². The van der Waals surface area contributed by atoms with Gasteiger partial charge < -0.3 is 24.7 Å². The minimum absolute atomic E-state index is 0.0000710. The molecule has 2 aromatic carbocycles. The number of hydrogen-bond acceptors (Lipinski definition) is 9. The highest BCUT2D eigenvalue weighted by Crippen LogP contribution is 2.38. The lowest BCUT2D eigenvalue weighted by molar-refractivity contribution is -0.150. The molecular formula is C27H29N3O5S. The van der Waals surface area contributed by atoms with Gasteiger partial charge in [-0.25, -0.2) is 4.98 Å². The third-order valence-corrected chi connectivity index (χ3v) is 7.21. The minimum atomic E-state index is -0.728. The number of rotatable bonds is 9. The van der Waals surface area contributed by atoms with Crippen LogP contribution in [0.4, 0.5) is 0 Å². The van der Waals surface area contributed by atoms with Gasteiger partial charge in [-0.05, 0) is 56.9 Å². The van der Waals surface area contributed by atoms with Crippen LogP contribution < -0.4 is 19.9 Å². The lowest BCUT2D eigenvalue weighted by Crippen LogP contribution is -2.35. The van der Waals surface area contributed by atoms with Crippen LogP contribution in [0.2, 0.25) is 0 Å². The van der Waals surface area contributed by atoms with Crippen LogP contribution in [0.15, 0.2) is 42.6 Å². The van der Waals surface area contributed by atoms with E-state index >= 15 is 0 Å². The molecule has 1 aliphatic rings. The van der Waals surface area contributed by atoms with Gasteiger partial charge in [0.1, 0.15) is 23.6 Å². The van der Waals surface area contributed by atoms with Crippen molar-refractivity contribution in [2.24, 2.45) is 5.73 Å². The number of ether oxygens (including phenoxy) is 4. The molecule has 4 aromatic rings. The number of pyridine rings is 1. The van der Waals surface area contributed by atoms with E-state index in [9.17, 15) is 4.79 Å². The molecule has 36 heavy (non-hydrogen) atoms. The van der Waals surface area contributed by atoms with E-state index in [0.29, 0.717) is 34.9 Å². The Hall–Kier alpha value is -3.43. The minimum Gasteiger partial charge on any atom is -0.493 e. The quantitative estimate of drug-likeness (QED) is 0.295. The van der Waals surface area contributed by atoms with Crippen LogP contribution in [0.1, 0.15) is 37.1 Å². The largest absolute Gasteiger partial charge is 0.493 e. The van der Waals surface area contributed by atoms with Crippen LogP contribution in [0.3, 0.4) is 0 Å². The van der Waals surface area contributed by atoms with Crippen molar-refractivity contribution >= 4 is 38.4 Å². The van der Waals surface area contributed by atoms with Crippen molar-refractivity contribution in [3.05, 3.63) is 47.6 Å². The van der Waals surface area contributed by atoms with Crippen molar-refractivity contribution < 1.29 is 23.7 Å². The van der Waals surface area contributed by atoms with Crippen LogP contribution in [0.5, 0.6) is 23.0 Å². The molecule has 1 atom stereocenters. The molecule has 1 aliphatic carbocycles. The van der Waals surface area contributed by atoms with Gasteiger partial charge in [-0.3, -0.25) is 9.78 Å². The fraction of sp³-hybridized carbons (Fsp3) is 0.370. The van der Waals surface area contributed by atoms with E-state index in [1.807, 2.05) is 37.3 Å². The van der Waals surface area contributed by atoms with Gasteiger partial charge in [0.2, 0.25) is 0 Å². The summed E-state index contributed by atoms with van der Waals surface area (Å²) in [5.74, 6) is 2.02. The Morgan fingerprint density at radius 2 is 1.94 bits per heavy atom. The first-order valence-electron chi connectivity index (χ1n) is 12.1. The van der Waals surface area contributed by atoms with Crippen molar-refractivity contribution in [1.82, 2.24) is 9.97 Å². The molecule has 1 fully saturated rings. The van der Waals surface area contributed by atoms with E-state index in [0.717, 1.165) is 46.3 Å². The number of benzene rings is 2. The SMILES string of the molecule is COc1cc2c(Oc3ccc4sc(C)nc4c3)ccnc2cc1OCCC(N)C(=O)OC1CCCC1. The van der Waals surface area contributed by atoms with E-state index < -0.39 is 6.04 Å². The number of methoxy groups -OCH3 is 1. The number of aryl methyl sites for hydroxylation is 1. The van der Waals surface area contributed by atoms with E-state index in [1.54, 1.807) is 30.7 Å². The van der Waals surface area contributed by atoms with E-state index in [2.05, 4.69) is 9.97 Å².